The number of carbonyl (C=O) groups excluding carboxylic acids is 5. The van der Waals surface area contributed by atoms with Gasteiger partial charge < -0.3 is 46.1 Å². The van der Waals surface area contributed by atoms with E-state index >= 15 is 0 Å². The Morgan fingerprint density at radius 2 is 1.12 bits per heavy atom. The highest BCUT2D eigenvalue weighted by Crippen LogP contribution is 2.60. The summed E-state index contributed by atoms with van der Waals surface area (Å²) in [6, 6.07) is 6.47. The number of piperidine rings is 2. The van der Waals surface area contributed by atoms with Gasteiger partial charge in [0.2, 0.25) is 5.91 Å². The first-order chi connectivity index (χ1) is 26.6. The monoisotopic (exact) mass is 794 g/mol. The number of nitrogens with two attached hydrogens (primary N) is 1. The van der Waals surface area contributed by atoms with E-state index in [1.807, 2.05) is 41.5 Å². The molecule has 17 nitrogen and oxygen atoms in total. The van der Waals surface area contributed by atoms with Gasteiger partial charge in [-0.05, 0) is 115 Å². The molecule has 57 heavy (non-hydrogen) atoms. The number of likely N-dealkylation sites (tertiary alicyclic amines) is 2. The number of anilines is 2. The number of rotatable bonds is 5. The van der Waals surface area contributed by atoms with E-state index in [0.717, 1.165) is 38.5 Å². The zero-order chi connectivity index (χ0) is 42.3. The molecule has 0 radical (unpaired) electrons. The number of nitrogens with zero attached hydrogens (tertiary/aromatic N) is 4. The molecule has 2 aliphatic heterocycles. The van der Waals surface area contributed by atoms with Crippen molar-refractivity contribution >= 4 is 47.3 Å². The summed E-state index contributed by atoms with van der Waals surface area (Å²) < 4.78 is 10.7. The van der Waals surface area contributed by atoms with Gasteiger partial charge in [-0.25, -0.2) is 19.6 Å². The molecule has 5 amide bonds. The Hall–Kier alpha value is -5.48. The van der Waals surface area contributed by atoms with Crippen LogP contribution in [-0.2, 0) is 19.1 Å². The number of nitrogen functional groups attached to an aromatic ring is 1. The summed E-state index contributed by atoms with van der Waals surface area (Å²) >= 11 is 0. The van der Waals surface area contributed by atoms with Crippen LogP contribution in [0.2, 0.25) is 0 Å². The molecule has 2 atom stereocenters. The van der Waals surface area contributed by atoms with Gasteiger partial charge in [0.1, 0.15) is 22.6 Å². The van der Waals surface area contributed by atoms with Crippen molar-refractivity contribution < 1.29 is 43.3 Å². The first-order valence-electron chi connectivity index (χ1n) is 19.2. The number of amides is 5. The van der Waals surface area contributed by atoms with Crippen molar-refractivity contribution in [3.63, 3.8) is 0 Å². The largest absolute Gasteiger partial charge is 0.481 e. The van der Waals surface area contributed by atoms with Crippen LogP contribution in [0.25, 0.3) is 0 Å². The molecule has 6 rings (SSSR count). The van der Waals surface area contributed by atoms with Gasteiger partial charge in [-0.3, -0.25) is 19.2 Å². The normalized spacial score (nSPS) is 20.0. The Kier molecular flexibility index (Phi) is 13.8. The second-order valence-corrected chi connectivity index (χ2v) is 17.1. The Balaban J connectivity index is 0.000000211. The van der Waals surface area contributed by atoms with Gasteiger partial charge >= 0.3 is 18.2 Å². The summed E-state index contributed by atoms with van der Waals surface area (Å²) in [5.41, 5.74) is 6.15. The van der Waals surface area contributed by atoms with Crippen molar-refractivity contribution in [3.05, 3.63) is 48.0 Å². The van der Waals surface area contributed by atoms with E-state index in [2.05, 4.69) is 25.9 Å². The summed E-state index contributed by atoms with van der Waals surface area (Å²) in [7, 11) is 3.10. The predicted molar refractivity (Wildman–Crippen MR) is 211 cm³/mol. The summed E-state index contributed by atoms with van der Waals surface area (Å²) in [5, 5.41) is 16.8. The number of aliphatic carboxylic acids is 1. The highest BCUT2D eigenvalue weighted by molar-refractivity contribution is 5.96. The molecule has 2 unspecified atom stereocenters. The number of carboxylic acids is 1. The highest BCUT2D eigenvalue weighted by atomic mass is 16.6. The SMILES string of the molecule is CC(C)(C)OC(=O)N1CCC2(CC1)CC2C(=O)O.CNC(=O)c1ccc(N)cn1.CNC(=O)c1ccc(NC(=O)C2CC23CCN(C(=O)OC(C)(C)C)CC3)cn1. The molecule has 2 aromatic heterocycles. The predicted octanol–water partition coefficient (Wildman–Crippen LogP) is 4.55. The summed E-state index contributed by atoms with van der Waals surface area (Å²) in [5.74, 6) is -1.44. The zero-order valence-corrected chi connectivity index (χ0v) is 34.3. The minimum atomic E-state index is -0.694. The highest BCUT2D eigenvalue weighted by Gasteiger charge is 2.60. The number of hydrogen-bond donors (Lipinski definition) is 5. The number of carbonyl (C=O) groups is 6. The van der Waals surface area contributed by atoms with Crippen LogP contribution >= 0.6 is 0 Å². The number of aromatic nitrogens is 2. The standard InChI is InChI=1S/C20H28N4O4.C13H21NO4.C7H9N3O/c1-19(2,3)28-18(27)24-9-7-20(8-10-24)11-14(20)16(25)23-13-5-6-15(22-12-13)17(26)21-4;1-12(2,3)18-11(17)14-6-4-13(5-7-14)8-9(13)10(15)16;1-9-7(11)6-3-2-5(8)4-10-6/h5-6,12,14H,7-11H2,1-4H3,(H,21,26)(H,23,25);9H,4-8H2,1-3H3,(H,15,16);2-4H,8H2,1H3,(H,9,11). The van der Waals surface area contributed by atoms with E-state index in [-0.39, 0.29) is 52.6 Å². The minimum Gasteiger partial charge on any atom is -0.481 e. The second kappa shape index (κ2) is 17.8. The average Bonchev–Trinajstić information content (AvgIpc) is 4.06. The van der Waals surface area contributed by atoms with Gasteiger partial charge in [0.05, 0.1) is 29.7 Å². The molecule has 17 heteroatoms. The number of pyridine rings is 2. The van der Waals surface area contributed by atoms with E-state index in [0.29, 0.717) is 48.9 Å². The Morgan fingerprint density at radius 1 is 0.702 bits per heavy atom. The first kappa shape index (κ1) is 44.2. The van der Waals surface area contributed by atoms with Crippen LogP contribution in [0.5, 0.6) is 0 Å². The van der Waals surface area contributed by atoms with E-state index in [9.17, 15) is 28.8 Å². The molecule has 2 aliphatic carbocycles. The van der Waals surface area contributed by atoms with E-state index in [1.54, 1.807) is 48.2 Å². The first-order valence-corrected chi connectivity index (χ1v) is 19.2. The molecule has 4 fully saturated rings. The smallest absolute Gasteiger partial charge is 0.410 e. The Bertz CT molecular complexity index is 1770. The van der Waals surface area contributed by atoms with Crippen molar-refractivity contribution in [1.82, 2.24) is 30.4 Å². The third kappa shape index (κ3) is 12.3. The van der Waals surface area contributed by atoms with Crippen molar-refractivity contribution in [2.45, 2.75) is 91.3 Å². The van der Waals surface area contributed by atoms with Crippen molar-refractivity contribution in [3.8, 4) is 0 Å². The van der Waals surface area contributed by atoms with E-state index < -0.39 is 17.2 Å². The van der Waals surface area contributed by atoms with Crippen LogP contribution in [0, 0.1) is 22.7 Å². The Morgan fingerprint density at radius 3 is 1.47 bits per heavy atom. The molecule has 2 aromatic rings. The molecular weight excluding hydrogens is 736 g/mol. The fourth-order valence-corrected chi connectivity index (χ4v) is 7.07. The lowest BCUT2D eigenvalue weighted by Crippen LogP contribution is -2.42. The van der Waals surface area contributed by atoms with Crippen LogP contribution in [0.15, 0.2) is 36.7 Å². The lowest BCUT2D eigenvalue weighted by molar-refractivity contribution is -0.139. The maximum atomic E-state index is 12.6. The quantitative estimate of drug-likeness (QED) is 0.281. The molecule has 4 aliphatic rings. The third-order valence-electron chi connectivity index (χ3n) is 10.6. The molecule has 4 heterocycles. The number of ether oxygens (including phenoxy) is 2. The van der Waals surface area contributed by atoms with Crippen LogP contribution in [0.1, 0.15) is 101 Å². The number of hydrogen-bond acceptors (Lipinski definition) is 11. The summed E-state index contributed by atoms with van der Waals surface area (Å²) in [6.45, 7) is 13.5. The molecule has 2 saturated carbocycles. The molecule has 0 bridgehead atoms. The van der Waals surface area contributed by atoms with Crippen molar-refractivity contribution in [2.75, 3.05) is 51.3 Å². The molecular formula is C40H58N8O9. The van der Waals surface area contributed by atoms with E-state index in [1.165, 1.54) is 12.4 Å². The summed E-state index contributed by atoms with van der Waals surface area (Å²) in [6.07, 6.45) is 7.14. The topological polar surface area (TPSA) is 235 Å². The molecule has 2 spiro atoms. The fraction of sp³-hybridized carbons (Fsp3) is 0.600. The fourth-order valence-electron chi connectivity index (χ4n) is 7.07. The zero-order valence-electron chi connectivity index (χ0n) is 34.3. The van der Waals surface area contributed by atoms with Crippen LogP contribution in [0.4, 0.5) is 21.0 Å². The van der Waals surface area contributed by atoms with Gasteiger partial charge in [0.25, 0.3) is 11.8 Å². The molecule has 2 saturated heterocycles. The molecule has 6 N–H and O–H groups in total. The van der Waals surface area contributed by atoms with Gasteiger partial charge in [-0.1, -0.05) is 0 Å². The summed E-state index contributed by atoms with van der Waals surface area (Å²) in [4.78, 5) is 81.3. The Labute approximate surface area is 333 Å². The van der Waals surface area contributed by atoms with Crippen molar-refractivity contribution in [2.24, 2.45) is 22.7 Å². The van der Waals surface area contributed by atoms with E-state index in [4.69, 9.17) is 20.3 Å². The van der Waals surface area contributed by atoms with Crippen LogP contribution in [-0.4, -0.2) is 112 Å². The van der Waals surface area contributed by atoms with Crippen LogP contribution in [0.3, 0.4) is 0 Å². The maximum absolute atomic E-state index is 12.6. The number of nitrogens with one attached hydrogen (secondary N) is 3. The van der Waals surface area contributed by atoms with Gasteiger partial charge in [0, 0.05) is 46.2 Å². The minimum absolute atomic E-state index is 0.0158. The van der Waals surface area contributed by atoms with Gasteiger partial charge in [-0.15, -0.1) is 0 Å². The van der Waals surface area contributed by atoms with Gasteiger partial charge in [0.15, 0.2) is 0 Å². The molecule has 312 valence electrons. The van der Waals surface area contributed by atoms with Gasteiger partial charge in [-0.2, -0.15) is 0 Å². The van der Waals surface area contributed by atoms with Crippen molar-refractivity contribution in [1.29, 1.82) is 0 Å². The lowest BCUT2D eigenvalue weighted by atomic mass is 9.91. The second-order valence-electron chi connectivity index (χ2n) is 17.1. The molecule has 0 aromatic carbocycles. The number of carboxylic acid groups (broad SMARTS) is 1. The third-order valence-corrected chi connectivity index (χ3v) is 10.6. The average molecular weight is 795 g/mol. The lowest BCUT2D eigenvalue weighted by Gasteiger charge is -2.34. The van der Waals surface area contributed by atoms with Crippen LogP contribution < -0.4 is 21.7 Å². The maximum Gasteiger partial charge on any atom is 0.410 e.